The van der Waals surface area contributed by atoms with Crippen molar-refractivity contribution >= 4 is 23.2 Å². The molecule has 0 aliphatic rings. The molecule has 1 heterocycles. The van der Waals surface area contributed by atoms with Gasteiger partial charge in [-0.3, -0.25) is 0 Å². The SMILES string of the molecule is COCCc1nc(Cl)c(C)c(Cl)n1. The molecule has 3 nitrogen and oxygen atoms in total. The first-order valence-electron chi connectivity index (χ1n) is 3.82. The third kappa shape index (κ3) is 2.79. The Labute approximate surface area is 87.1 Å². The van der Waals surface area contributed by atoms with Crippen LogP contribution in [0.25, 0.3) is 0 Å². The summed E-state index contributed by atoms with van der Waals surface area (Å²) in [4.78, 5) is 8.12. The maximum absolute atomic E-state index is 5.82. The van der Waals surface area contributed by atoms with E-state index in [1.54, 1.807) is 14.0 Å². The lowest BCUT2D eigenvalue weighted by atomic mass is 10.3. The van der Waals surface area contributed by atoms with Crippen molar-refractivity contribution in [2.24, 2.45) is 0 Å². The molecular weight excluding hydrogens is 211 g/mol. The van der Waals surface area contributed by atoms with E-state index >= 15 is 0 Å². The average molecular weight is 221 g/mol. The van der Waals surface area contributed by atoms with Crippen molar-refractivity contribution in [1.29, 1.82) is 0 Å². The number of ether oxygens (including phenoxy) is 1. The summed E-state index contributed by atoms with van der Waals surface area (Å²) >= 11 is 11.6. The number of aromatic nitrogens is 2. The number of rotatable bonds is 3. The maximum Gasteiger partial charge on any atom is 0.137 e. The van der Waals surface area contributed by atoms with Crippen molar-refractivity contribution in [3.05, 3.63) is 21.7 Å². The predicted octanol–water partition coefficient (Wildman–Crippen LogP) is 2.28. The molecule has 0 aliphatic heterocycles. The van der Waals surface area contributed by atoms with E-state index in [4.69, 9.17) is 27.9 Å². The van der Waals surface area contributed by atoms with Crippen molar-refractivity contribution in [2.75, 3.05) is 13.7 Å². The number of hydrogen-bond donors (Lipinski definition) is 0. The third-order valence-electron chi connectivity index (χ3n) is 1.60. The Kier molecular flexibility index (Phi) is 3.90. The van der Waals surface area contributed by atoms with Gasteiger partial charge in [0, 0.05) is 19.1 Å². The second-order valence-electron chi connectivity index (χ2n) is 2.59. The van der Waals surface area contributed by atoms with Crippen LogP contribution in [0.1, 0.15) is 11.4 Å². The Morgan fingerprint density at radius 2 is 1.77 bits per heavy atom. The van der Waals surface area contributed by atoms with E-state index in [1.807, 2.05) is 0 Å². The predicted molar refractivity (Wildman–Crippen MR) is 52.4 cm³/mol. The van der Waals surface area contributed by atoms with Crippen molar-refractivity contribution < 1.29 is 4.74 Å². The van der Waals surface area contributed by atoms with Crippen LogP contribution in [-0.4, -0.2) is 23.7 Å². The highest BCUT2D eigenvalue weighted by atomic mass is 35.5. The zero-order valence-corrected chi connectivity index (χ0v) is 8.98. The lowest BCUT2D eigenvalue weighted by Crippen LogP contribution is -2.02. The molecule has 1 aromatic rings. The van der Waals surface area contributed by atoms with Gasteiger partial charge in [0.2, 0.25) is 0 Å². The minimum Gasteiger partial charge on any atom is -0.384 e. The normalized spacial score (nSPS) is 10.5. The van der Waals surface area contributed by atoms with Crippen molar-refractivity contribution in [2.45, 2.75) is 13.3 Å². The van der Waals surface area contributed by atoms with Gasteiger partial charge in [0.25, 0.3) is 0 Å². The molecule has 0 aromatic carbocycles. The molecule has 0 saturated carbocycles. The first kappa shape index (κ1) is 10.7. The highest BCUT2D eigenvalue weighted by molar-refractivity contribution is 6.34. The van der Waals surface area contributed by atoms with E-state index in [-0.39, 0.29) is 0 Å². The topological polar surface area (TPSA) is 35.0 Å². The van der Waals surface area contributed by atoms with Gasteiger partial charge in [-0.25, -0.2) is 9.97 Å². The number of nitrogens with zero attached hydrogens (tertiary/aromatic N) is 2. The van der Waals surface area contributed by atoms with Crippen LogP contribution in [0.5, 0.6) is 0 Å². The summed E-state index contributed by atoms with van der Waals surface area (Å²) in [6.07, 6.45) is 0.621. The number of methoxy groups -OCH3 is 1. The number of halogens is 2. The molecule has 72 valence electrons. The van der Waals surface area contributed by atoms with Crippen LogP contribution < -0.4 is 0 Å². The highest BCUT2D eigenvalue weighted by Gasteiger charge is 2.06. The molecule has 0 aliphatic carbocycles. The molecule has 1 aromatic heterocycles. The molecule has 1 rings (SSSR count). The zero-order chi connectivity index (χ0) is 9.84. The van der Waals surface area contributed by atoms with Gasteiger partial charge >= 0.3 is 0 Å². The Hall–Kier alpha value is -0.380. The van der Waals surface area contributed by atoms with Crippen LogP contribution >= 0.6 is 23.2 Å². The molecule has 0 unspecified atom stereocenters. The smallest absolute Gasteiger partial charge is 0.137 e. The molecule has 0 N–H and O–H groups in total. The second-order valence-corrected chi connectivity index (χ2v) is 3.31. The Bertz CT molecular complexity index is 281. The van der Waals surface area contributed by atoms with Gasteiger partial charge in [0.15, 0.2) is 0 Å². The quantitative estimate of drug-likeness (QED) is 0.734. The third-order valence-corrected chi connectivity index (χ3v) is 2.34. The van der Waals surface area contributed by atoms with Crippen LogP contribution in [0.3, 0.4) is 0 Å². The molecular formula is C8H10Cl2N2O. The Morgan fingerprint density at radius 3 is 2.23 bits per heavy atom. The molecule has 0 atom stereocenters. The largest absolute Gasteiger partial charge is 0.384 e. The molecule has 0 spiro atoms. The van der Waals surface area contributed by atoms with Crippen LogP contribution in [0.4, 0.5) is 0 Å². The summed E-state index contributed by atoms with van der Waals surface area (Å²) in [7, 11) is 1.62. The summed E-state index contributed by atoms with van der Waals surface area (Å²) in [5, 5.41) is 0.817. The molecule has 0 saturated heterocycles. The summed E-state index contributed by atoms with van der Waals surface area (Å²) in [5.74, 6) is 0.613. The minimum atomic E-state index is 0.408. The first-order valence-corrected chi connectivity index (χ1v) is 4.58. The van der Waals surface area contributed by atoms with Gasteiger partial charge in [-0.05, 0) is 6.92 Å². The van der Waals surface area contributed by atoms with Crippen molar-refractivity contribution in [3.63, 3.8) is 0 Å². The summed E-state index contributed by atoms with van der Waals surface area (Å²) in [6.45, 7) is 2.35. The van der Waals surface area contributed by atoms with E-state index in [1.165, 1.54) is 0 Å². The van der Waals surface area contributed by atoms with Gasteiger partial charge in [0.1, 0.15) is 16.1 Å². The Morgan fingerprint density at radius 1 is 1.23 bits per heavy atom. The lowest BCUT2D eigenvalue weighted by molar-refractivity contribution is 0.200. The lowest BCUT2D eigenvalue weighted by Gasteiger charge is -2.03. The van der Waals surface area contributed by atoms with Gasteiger partial charge in [0.05, 0.1) is 6.61 Å². The van der Waals surface area contributed by atoms with Gasteiger partial charge in [-0.1, -0.05) is 23.2 Å². The Balaban J connectivity index is 2.86. The van der Waals surface area contributed by atoms with Crippen LogP contribution in [0.2, 0.25) is 10.3 Å². The van der Waals surface area contributed by atoms with E-state index in [9.17, 15) is 0 Å². The summed E-state index contributed by atoms with van der Waals surface area (Å²) in [5.41, 5.74) is 0.713. The van der Waals surface area contributed by atoms with Crippen molar-refractivity contribution in [3.8, 4) is 0 Å². The standard InChI is InChI=1S/C8H10Cl2N2O/c1-5-7(9)11-6(3-4-13-2)12-8(5)10/h3-4H2,1-2H3. The zero-order valence-electron chi connectivity index (χ0n) is 7.47. The second kappa shape index (κ2) is 4.74. The fraction of sp³-hybridized carbons (Fsp3) is 0.500. The molecule has 0 amide bonds. The first-order chi connectivity index (χ1) is 6.15. The van der Waals surface area contributed by atoms with Gasteiger partial charge in [-0.2, -0.15) is 0 Å². The monoisotopic (exact) mass is 220 g/mol. The van der Waals surface area contributed by atoms with E-state index in [2.05, 4.69) is 9.97 Å². The highest BCUT2D eigenvalue weighted by Crippen LogP contribution is 2.19. The fourth-order valence-electron chi connectivity index (χ4n) is 0.810. The summed E-state index contributed by atoms with van der Waals surface area (Å²) < 4.78 is 4.89. The summed E-state index contributed by atoms with van der Waals surface area (Å²) in [6, 6.07) is 0. The molecule has 0 fully saturated rings. The van der Waals surface area contributed by atoms with Crippen LogP contribution in [0, 0.1) is 6.92 Å². The van der Waals surface area contributed by atoms with E-state index in [0.29, 0.717) is 34.7 Å². The van der Waals surface area contributed by atoms with E-state index < -0.39 is 0 Å². The van der Waals surface area contributed by atoms with Crippen molar-refractivity contribution in [1.82, 2.24) is 9.97 Å². The average Bonchev–Trinajstić information content (AvgIpc) is 2.10. The maximum atomic E-state index is 5.82. The fourth-order valence-corrected chi connectivity index (χ4v) is 1.23. The number of hydrogen-bond acceptors (Lipinski definition) is 3. The van der Waals surface area contributed by atoms with Gasteiger partial charge in [-0.15, -0.1) is 0 Å². The van der Waals surface area contributed by atoms with Gasteiger partial charge < -0.3 is 4.74 Å². The minimum absolute atomic E-state index is 0.408. The van der Waals surface area contributed by atoms with E-state index in [0.717, 1.165) is 0 Å². The van der Waals surface area contributed by atoms with Crippen LogP contribution in [-0.2, 0) is 11.2 Å². The van der Waals surface area contributed by atoms with Crippen LogP contribution in [0.15, 0.2) is 0 Å². The molecule has 13 heavy (non-hydrogen) atoms. The molecule has 0 radical (unpaired) electrons. The molecule has 5 heteroatoms. The molecule has 0 bridgehead atoms.